The summed E-state index contributed by atoms with van der Waals surface area (Å²) in [4.78, 5) is 23.0. The Kier molecular flexibility index (Phi) is 4.61. The lowest BCUT2D eigenvalue weighted by Crippen LogP contribution is -2.39. The van der Waals surface area contributed by atoms with Crippen molar-refractivity contribution in [1.82, 2.24) is 0 Å². The first-order valence-electron chi connectivity index (χ1n) is 5.99. The first kappa shape index (κ1) is 15.1. The number of benzene rings is 1. The van der Waals surface area contributed by atoms with Gasteiger partial charge in [-0.15, -0.1) is 0 Å². The Bertz CT molecular complexity index is 480. The Hall–Kier alpha value is -1.95. The van der Waals surface area contributed by atoms with Crippen LogP contribution in [-0.4, -0.2) is 35.0 Å². The minimum atomic E-state index is -0.919. The highest BCUT2D eigenvalue weighted by Gasteiger charge is 2.20. The number of aliphatic hydroxyl groups is 1. The highest BCUT2D eigenvalue weighted by Crippen LogP contribution is 2.25. The maximum absolute atomic E-state index is 11.1. The fourth-order valence-corrected chi connectivity index (χ4v) is 1.87. The smallest absolute Gasteiger partial charge is 0.270 e. The molecule has 0 aliphatic heterocycles. The molecule has 0 bridgehead atoms. The molecule has 0 radical (unpaired) electrons. The summed E-state index contributed by atoms with van der Waals surface area (Å²) in [6.07, 6.45) is 0.593. The molecule has 0 spiro atoms. The van der Waals surface area contributed by atoms with Gasteiger partial charge in [-0.1, -0.05) is 0 Å². The van der Waals surface area contributed by atoms with E-state index >= 15 is 0 Å². The monoisotopic (exact) mass is 266 g/mol. The molecule has 0 amide bonds. The molecule has 6 heteroatoms. The quantitative estimate of drug-likeness (QED) is 0.483. The molecule has 0 saturated heterocycles. The van der Waals surface area contributed by atoms with Gasteiger partial charge >= 0.3 is 0 Å². The van der Waals surface area contributed by atoms with E-state index in [2.05, 4.69) is 0 Å². The first-order valence-corrected chi connectivity index (χ1v) is 5.99. The molecule has 6 nitrogen and oxygen atoms in total. The van der Waals surface area contributed by atoms with Crippen molar-refractivity contribution >= 4 is 17.7 Å². The average molecular weight is 266 g/mol. The largest absolute Gasteiger partial charge is 0.389 e. The predicted molar refractivity (Wildman–Crippen MR) is 72.7 cm³/mol. The number of nitro groups is 1. The molecule has 1 aromatic rings. The van der Waals surface area contributed by atoms with Crippen molar-refractivity contribution in [3.63, 3.8) is 0 Å². The van der Waals surface area contributed by atoms with Gasteiger partial charge in [-0.2, -0.15) is 0 Å². The van der Waals surface area contributed by atoms with E-state index in [1.54, 1.807) is 13.8 Å². The van der Waals surface area contributed by atoms with Gasteiger partial charge in [0.05, 0.1) is 10.5 Å². The molecule has 1 aromatic carbocycles. The maximum Gasteiger partial charge on any atom is 0.270 e. The molecule has 0 aliphatic rings. The van der Waals surface area contributed by atoms with Gasteiger partial charge < -0.3 is 10.0 Å². The number of non-ortho nitro benzene ring substituents is 1. The van der Waals surface area contributed by atoms with Crippen LogP contribution in [0.2, 0.25) is 0 Å². The van der Waals surface area contributed by atoms with E-state index in [4.69, 9.17) is 0 Å². The van der Waals surface area contributed by atoms with Crippen LogP contribution in [0.4, 0.5) is 11.4 Å². The van der Waals surface area contributed by atoms with Crippen molar-refractivity contribution in [2.45, 2.75) is 26.4 Å². The van der Waals surface area contributed by atoms with Crippen molar-refractivity contribution in [1.29, 1.82) is 0 Å². The Balaban J connectivity index is 3.17. The number of hydrogen-bond donors (Lipinski definition) is 1. The van der Waals surface area contributed by atoms with E-state index in [1.165, 1.54) is 18.2 Å². The van der Waals surface area contributed by atoms with Gasteiger partial charge in [-0.05, 0) is 26.8 Å². The molecule has 0 saturated carbocycles. The number of hydrogen-bond acceptors (Lipinski definition) is 5. The molecule has 1 rings (SSSR count). The molecular weight excluding hydrogens is 248 g/mol. The summed E-state index contributed by atoms with van der Waals surface area (Å²) in [6.45, 7) is 6.15. The van der Waals surface area contributed by atoms with Crippen LogP contribution in [-0.2, 0) is 0 Å². The second-order valence-electron chi connectivity index (χ2n) is 4.94. The minimum Gasteiger partial charge on any atom is -0.389 e. The van der Waals surface area contributed by atoms with Crippen molar-refractivity contribution < 1.29 is 14.8 Å². The highest BCUT2D eigenvalue weighted by atomic mass is 16.6. The number of carbonyl (C=O) groups is 1. The first-order chi connectivity index (χ1) is 8.78. The van der Waals surface area contributed by atoms with Gasteiger partial charge in [0.25, 0.3) is 5.69 Å². The van der Waals surface area contributed by atoms with E-state index in [-0.39, 0.29) is 11.3 Å². The summed E-state index contributed by atoms with van der Waals surface area (Å²) in [5.74, 6) is 0. The van der Waals surface area contributed by atoms with E-state index in [0.29, 0.717) is 25.1 Å². The zero-order valence-corrected chi connectivity index (χ0v) is 11.3. The van der Waals surface area contributed by atoms with Crippen LogP contribution >= 0.6 is 0 Å². The Labute approximate surface area is 111 Å². The lowest BCUT2D eigenvalue weighted by atomic mass is 10.1. The van der Waals surface area contributed by atoms with Crippen LogP contribution in [0.5, 0.6) is 0 Å². The minimum absolute atomic E-state index is 0.120. The molecule has 0 aliphatic carbocycles. The van der Waals surface area contributed by atoms with Crippen molar-refractivity contribution in [3.05, 3.63) is 33.9 Å². The lowest BCUT2D eigenvalue weighted by Gasteiger charge is -2.30. The third-order valence-electron chi connectivity index (χ3n) is 2.65. The van der Waals surface area contributed by atoms with Gasteiger partial charge in [0.1, 0.15) is 0 Å². The molecule has 0 unspecified atom stereocenters. The van der Waals surface area contributed by atoms with Crippen molar-refractivity contribution in [2.75, 3.05) is 18.0 Å². The zero-order valence-electron chi connectivity index (χ0n) is 11.3. The summed E-state index contributed by atoms with van der Waals surface area (Å²) < 4.78 is 0. The number of nitro benzene ring substituents is 1. The standard InChI is InChI=1S/C13H18N2O4/c1-4-14(9-13(2,3)17)12-6-5-11(15(18)19)7-10(12)8-16/h5-8,17H,4,9H2,1-3H3. The van der Waals surface area contributed by atoms with Crippen LogP contribution in [0, 0.1) is 10.1 Å². The predicted octanol–water partition coefficient (Wildman–Crippen LogP) is 2.00. The topological polar surface area (TPSA) is 83.7 Å². The van der Waals surface area contributed by atoms with Crippen LogP contribution < -0.4 is 4.90 Å². The molecular formula is C13H18N2O4. The summed E-state index contributed by atoms with van der Waals surface area (Å²) in [5, 5.41) is 20.5. The summed E-state index contributed by atoms with van der Waals surface area (Å²) >= 11 is 0. The summed E-state index contributed by atoms with van der Waals surface area (Å²) in [5.41, 5.74) is -0.200. The molecule has 0 aromatic heterocycles. The van der Waals surface area contributed by atoms with Gasteiger partial charge in [0.2, 0.25) is 0 Å². The zero-order chi connectivity index (χ0) is 14.6. The van der Waals surface area contributed by atoms with E-state index in [0.717, 1.165) is 0 Å². The molecule has 0 atom stereocenters. The Morgan fingerprint density at radius 3 is 2.53 bits per heavy atom. The van der Waals surface area contributed by atoms with E-state index < -0.39 is 10.5 Å². The molecule has 104 valence electrons. The number of anilines is 1. The third-order valence-corrected chi connectivity index (χ3v) is 2.65. The number of nitrogens with zero attached hydrogens (tertiary/aromatic N) is 2. The SMILES string of the molecule is CCN(CC(C)(C)O)c1ccc([N+](=O)[O-])cc1C=O. The van der Waals surface area contributed by atoms with Gasteiger partial charge in [-0.25, -0.2) is 0 Å². The normalized spacial score (nSPS) is 11.2. The van der Waals surface area contributed by atoms with Gasteiger partial charge in [0, 0.05) is 36.5 Å². The fraction of sp³-hybridized carbons (Fsp3) is 0.462. The summed E-state index contributed by atoms with van der Waals surface area (Å²) in [6, 6.07) is 4.14. The number of rotatable bonds is 6. The molecule has 0 heterocycles. The van der Waals surface area contributed by atoms with Crippen LogP contribution in [0.25, 0.3) is 0 Å². The van der Waals surface area contributed by atoms with Crippen LogP contribution in [0.15, 0.2) is 18.2 Å². The second-order valence-corrected chi connectivity index (χ2v) is 4.94. The van der Waals surface area contributed by atoms with E-state index in [9.17, 15) is 20.0 Å². The summed E-state index contributed by atoms with van der Waals surface area (Å²) in [7, 11) is 0. The number of aldehydes is 1. The molecule has 0 fully saturated rings. The highest BCUT2D eigenvalue weighted by molar-refractivity contribution is 5.86. The number of likely N-dealkylation sites (N-methyl/N-ethyl adjacent to an activating group) is 1. The fourth-order valence-electron chi connectivity index (χ4n) is 1.87. The lowest BCUT2D eigenvalue weighted by molar-refractivity contribution is -0.384. The second kappa shape index (κ2) is 5.79. The Morgan fingerprint density at radius 2 is 2.11 bits per heavy atom. The van der Waals surface area contributed by atoms with E-state index in [1.807, 2.05) is 11.8 Å². The van der Waals surface area contributed by atoms with Crippen molar-refractivity contribution in [3.8, 4) is 0 Å². The molecule has 19 heavy (non-hydrogen) atoms. The third kappa shape index (κ3) is 4.03. The van der Waals surface area contributed by atoms with Crippen LogP contribution in [0.1, 0.15) is 31.1 Å². The molecule has 1 N–H and O–H groups in total. The average Bonchev–Trinajstić information content (AvgIpc) is 2.34. The maximum atomic E-state index is 11.1. The Morgan fingerprint density at radius 1 is 1.47 bits per heavy atom. The van der Waals surface area contributed by atoms with Gasteiger partial charge in [-0.3, -0.25) is 14.9 Å². The van der Waals surface area contributed by atoms with Gasteiger partial charge in [0.15, 0.2) is 6.29 Å². The van der Waals surface area contributed by atoms with Crippen molar-refractivity contribution in [2.24, 2.45) is 0 Å². The van der Waals surface area contributed by atoms with Crippen LogP contribution in [0.3, 0.4) is 0 Å². The number of carbonyl (C=O) groups excluding carboxylic acids is 1.